The zero-order valence-electron chi connectivity index (χ0n) is 31.1. The Hall–Kier alpha value is -5.59. The van der Waals surface area contributed by atoms with Gasteiger partial charge in [0.2, 0.25) is 0 Å². The molecule has 0 aliphatic heterocycles. The highest BCUT2D eigenvalue weighted by molar-refractivity contribution is 6.09. The molecule has 0 aliphatic rings. The van der Waals surface area contributed by atoms with E-state index in [0.717, 1.165) is 51.3 Å². The molecular weight excluding hydrogens is 657 g/mol. The van der Waals surface area contributed by atoms with E-state index in [-0.39, 0.29) is 5.56 Å². The highest BCUT2D eigenvalue weighted by Gasteiger charge is 2.20. The number of benzene rings is 5. The van der Waals surface area contributed by atoms with E-state index >= 15 is 0 Å². The van der Waals surface area contributed by atoms with Crippen molar-refractivity contribution in [2.24, 2.45) is 0 Å². The molecule has 0 aliphatic carbocycles. The zero-order valence-corrected chi connectivity index (χ0v) is 31.1. The minimum atomic E-state index is -1.35. The highest BCUT2D eigenvalue weighted by Crippen LogP contribution is 2.32. The Morgan fingerprint density at radius 1 is 0.604 bits per heavy atom. The number of carbonyl (C=O) groups is 1. The summed E-state index contributed by atoms with van der Waals surface area (Å²) in [5.41, 5.74) is 3.43. The van der Waals surface area contributed by atoms with Crippen molar-refractivity contribution in [1.82, 2.24) is 0 Å². The second kappa shape index (κ2) is 19.9. The number of hydrogen-bond donors (Lipinski definition) is 1. The van der Waals surface area contributed by atoms with Gasteiger partial charge in [-0.05, 0) is 70.8 Å². The second-order valence-corrected chi connectivity index (χ2v) is 13.7. The van der Waals surface area contributed by atoms with Crippen LogP contribution in [0.3, 0.4) is 0 Å². The van der Waals surface area contributed by atoms with Gasteiger partial charge in [-0.25, -0.2) is 4.79 Å². The van der Waals surface area contributed by atoms with E-state index < -0.39 is 16.6 Å². The summed E-state index contributed by atoms with van der Waals surface area (Å²) in [5.74, 6) is 11.9. The highest BCUT2D eigenvalue weighted by atomic mass is 16.6. The summed E-state index contributed by atoms with van der Waals surface area (Å²) in [6.45, 7) is 6.71. The molecule has 0 saturated carbocycles. The second-order valence-electron chi connectivity index (χ2n) is 13.7. The molecule has 0 fully saturated rings. The van der Waals surface area contributed by atoms with E-state index in [0.29, 0.717) is 5.56 Å². The van der Waals surface area contributed by atoms with Gasteiger partial charge in [-0.1, -0.05) is 150 Å². The molecule has 6 nitrogen and oxygen atoms in total. The van der Waals surface area contributed by atoms with E-state index in [9.17, 15) is 20.0 Å². The number of aromatic carboxylic acids is 1. The van der Waals surface area contributed by atoms with Gasteiger partial charge in [-0.2, -0.15) is 0 Å². The average molecular weight is 707 g/mol. The van der Waals surface area contributed by atoms with Gasteiger partial charge in [0.25, 0.3) is 5.69 Å². The van der Waals surface area contributed by atoms with E-state index in [1.54, 1.807) is 0 Å². The smallest absolute Gasteiger partial charge is 0.342 e. The summed E-state index contributed by atoms with van der Waals surface area (Å²) in [6.07, 6.45) is 15.5. The lowest BCUT2D eigenvalue weighted by Gasteiger charge is -2.25. The lowest BCUT2D eigenvalue weighted by Crippen LogP contribution is -2.25. The van der Waals surface area contributed by atoms with Crippen LogP contribution in [0.5, 0.6) is 0 Å². The fourth-order valence-corrected chi connectivity index (χ4v) is 6.90. The number of fused-ring (bicyclic) bond motifs is 2. The largest absolute Gasteiger partial charge is 0.477 e. The standard InChI is InChI=1S/C47H50N2O4/c1-3-5-7-9-11-17-33-48(34-18-12-10-8-6-4-2)38-28-23-36(24-29-38)25-30-43-39-19-13-15-21-41(39)44(42-22-16-14-20-40(42)43)31-26-37-27-32-45(47(50)51)46(35-37)49(52)53/h13-16,19-24,27-29,32,35H,3-12,17-18,33-34H2,1-2H3,(H,50,51). The monoisotopic (exact) mass is 706 g/mol. The summed E-state index contributed by atoms with van der Waals surface area (Å²) in [6, 6.07) is 28.7. The number of nitro groups is 1. The number of hydrogen-bond acceptors (Lipinski definition) is 4. The molecule has 0 amide bonds. The average Bonchev–Trinajstić information content (AvgIpc) is 3.18. The number of rotatable bonds is 17. The van der Waals surface area contributed by atoms with Crippen LogP contribution in [-0.2, 0) is 0 Å². The van der Waals surface area contributed by atoms with Crippen LogP contribution in [0.1, 0.15) is 124 Å². The van der Waals surface area contributed by atoms with Crippen molar-refractivity contribution >= 4 is 38.9 Å². The SMILES string of the molecule is CCCCCCCCN(CCCCCCCC)c1ccc(C#Cc2c3ccccc3c(C#Cc3ccc(C(=O)O)c([N+](=O)[O-])c3)c3ccccc23)cc1. The lowest BCUT2D eigenvalue weighted by molar-refractivity contribution is -0.385. The maximum atomic E-state index is 11.6. The number of nitro benzene ring substituents is 1. The lowest BCUT2D eigenvalue weighted by atomic mass is 9.92. The molecule has 0 unspecified atom stereocenters. The Kier molecular flexibility index (Phi) is 14.5. The van der Waals surface area contributed by atoms with E-state index in [2.05, 4.69) is 78.8 Å². The molecule has 0 radical (unpaired) electrons. The Bertz CT molecular complexity index is 2070. The molecule has 0 aromatic heterocycles. The number of nitrogens with zero attached hydrogens (tertiary/aromatic N) is 2. The molecule has 0 heterocycles. The van der Waals surface area contributed by atoms with Crippen LogP contribution in [0, 0.1) is 33.8 Å². The first-order valence-electron chi connectivity index (χ1n) is 19.3. The first-order chi connectivity index (χ1) is 25.9. The minimum absolute atomic E-state index is 0.361. The summed E-state index contributed by atoms with van der Waals surface area (Å²) in [7, 11) is 0. The van der Waals surface area contributed by atoms with Crippen molar-refractivity contribution < 1.29 is 14.8 Å². The van der Waals surface area contributed by atoms with Crippen molar-refractivity contribution in [3.05, 3.63) is 129 Å². The third-order valence-corrected chi connectivity index (χ3v) is 9.82. The van der Waals surface area contributed by atoms with Crippen molar-refractivity contribution in [1.29, 1.82) is 0 Å². The fraction of sp³-hybridized carbons (Fsp3) is 0.340. The summed E-state index contributed by atoms with van der Waals surface area (Å²) >= 11 is 0. The molecule has 0 saturated heterocycles. The van der Waals surface area contributed by atoms with E-state index in [4.69, 9.17) is 0 Å². The van der Waals surface area contributed by atoms with Gasteiger partial charge in [0, 0.05) is 47.1 Å². The molecule has 0 spiro atoms. The molecule has 272 valence electrons. The predicted molar refractivity (Wildman–Crippen MR) is 219 cm³/mol. The maximum Gasteiger partial charge on any atom is 0.342 e. The Labute approximate surface area is 314 Å². The van der Waals surface area contributed by atoms with Crippen LogP contribution < -0.4 is 4.90 Å². The maximum absolute atomic E-state index is 11.6. The van der Waals surface area contributed by atoms with Crippen LogP contribution in [0.15, 0.2) is 91.0 Å². The van der Waals surface area contributed by atoms with Gasteiger partial charge in [0.1, 0.15) is 5.56 Å². The normalized spacial score (nSPS) is 10.8. The van der Waals surface area contributed by atoms with E-state index in [1.165, 1.54) is 101 Å². The van der Waals surface area contributed by atoms with Crippen molar-refractivity contribution in [2.45, 2.75) is 90.9 Å². The van der Waals surface area contributed by atoms with Crippen LogP contribution in [0.4, 0.5) is 11.4 Å². The number of carboxylic acids is 1. The van der Waals surface area contributed by atoms with Crippen molar-refractivity contribution in [3.8, 4) is 23.7 Å². The van der Waals surface area contributed by atoms with Crippen LogP contribution >= 0.6 is 0 Å². The summed E-state index contributed by atoms with van der Waals surface area (Å²) in [5, 5.41) is 24.8. The van der Waals surface area contributed by atoms with Crippen LogP contribution in [0.25, 0.3) is 21.5 Å². The third kappa shape index (κ3) is 10.5. The van der Waals surface area contributed by atoms with Gasteiger partial charge >= 0.3 is 5.97 Å². The van der Waals surface area contributed by atoms with E-state index in [1.807, 2.05) is 36.4 Å². The van der Waals surface area contributed by atoms with Crippen LogP contribution in [-0.4, -0.2) is 29.1 Å². The van der Waals surface area contributed by atoms with Crippen molar-refractivity contribution in [3.63, 3.8) is 0 Å². The molecule has 5 aromatic carbocycles. The van der Waals surface area contributed by atoms with Gasteiger partial charge in [-0.3, -0.25) is 10.1 Å². The molecule has 0 atom stereocenters. The van der Waals surface area contributed by atoms with Gasteiger partial charge in [-0.15, -0.1) is 0 Å². The third-order valence-electron chi connectivity index (χ3n) is 9.82. The predicted octanol–water partition coefficient (Wildman–Crippen LogP) is 11.9. The Balaban J connectivity index is 1.42. The molecule has 53 heavy (non-hydrogen) atoms. The Morgan fingerprint density at radius 2 is 1.04 bits per heavy atom. The number of unbranched alkanes of at least 4 members (excludes halogenated alkanes) is 10. The first-order valence-corrected chi connectivity index (χ1v) is 19.3. The first kappa shape index (κ1) is 38.6. The minimum Gasteiger partial charge on any atom is -0.477 e. The number of anilines is 1. The topological polar surface area (TPSA) is 83.7 Å². The molecule has 1 N–H and O–H groups in total. The molecule has 5 aromatic rings. The van der Waals surface area contributed by atoms with Gasteiger partial charge in [0.05, 0.1) is 4.92 Å². The summed E-state index contributed by atoms with van der Waals surface area (Å²) < 4.78 is 0. The van der Waals surface area contributed by atoms with Gasteiger partial charge < -0.3 is 10.0 Å². The Morgan fingerprint density at radius 3 is 1.49 bits per heavy atom. The summed E-state index contributed by atoms with van der Waals surface area (Å²) in [4.78, 5) is 25.0. The van der Waals surface area contributed by atoms with Gasteiger partial charge in [0.15, 0.2) is 0 Å². The molecule has 5 rings (SSSR count). The fourth-order valence-electron chi connectivity index (χ4n) is 6.90. The molecular formula is C47H50N2O4. The van der Waals surface area contributed by atoms with Crippen LogP contribution in [0.2, 0.25) is 0 Å². The number of carboxylic acid groups (broad SMARTS) is 1. The molecule has 6 heteroatoms. The van der Waals surface area contributed by atoms with Crippen molar-refractivity contribution in [2.75, 3.05) is 18.0 Å². The quantitative estimate of drug-likeness (QED) is 0.0342. The molecule has 0 bridgehead atoms. The zero-order chi connectivity index (χ0) is 37.4.